The molecule has 2 aromatic carbocycles. The first kappa shape index (κ1) is 18.3. The van der Waals surface area contributed by atoms with E-state index in [0.29, 0.717) is 22.8 Å². The van der Waals surface area contributed by atoms with Crippen molar-refractivity contribution in [2.24, 2.45) is 5.73 Å². The Bertz CT molecular complexity index is 923. The minimum atomic E-state index is -0.891. The van der Waals surface area contributed by atoms with Crippen molar-refractivity contribution in [3.05, 3.63) is 78.1 Å². The number of amides is 2. The number of primary amides is 1. The van der Waals surface area contributed by atoms with Gasteiger partial charge in [0.1, 0.15) is 11.9 Å². The van der Waals surface area contributed by atoms with E-state index in [9.17, 15) is 14.0 Å². The second kappa shape index (κ2) is 8.27. The number of carbonyl (C=O) groups excluding carboxylic acids is 2. The first-order valence-electron chi connectivity index (χ1n) is 8.37. The van der Waals surface area contributed by atoms with E-state index in [1.54, 1.807) is 36.4 Å². The lowest BCUT2D eigenvalue weighted by Gasteiger charge is -2.15. The fourth-order valence-electron chi connectivity index (χ4n) is 2.59. The Morgan fingerprint density at radius 1 is 1.11 bits per heavy atom. The zero-order valence-corrected chi connectivity index (χ0v) is 14.4. The highest BCUT2D eigenvalue weighted by molar-refractivity contribution is 5.87. The lowest BCUT2D eigenvalue weighted by Crippen LogP contribution is -2.37. The molecule has 0 saturated carbocycles. The van der Waals surface area contributed by atoms with Crippen molar-refractivity contribution in [1.82, 2.24) is 10.3 Å². The van der Waals surface area contributed by atoms with E-state index >= 15 is 0 Å². The summed E-state index contributed by atoms with van der Waals surface area (Å²) in [4.78, 5) is 28.0. The molecule has 27 heavy (non-hydrogen) atoms. The Morgan fingerprint density at radius 3 is 2.48 bits per heavy atom. The number of halogens is 1. The van der Waals surface area contributed by atoms with Gasteiger partial charge in [-0.1, -0.05) is 30.3 Å². The minimum absolute atomic E-state index is 0.0833. The maximum absolute atomic E-state index is 13.0. The van der Waals surface area contributed by atoms with E-state index in [0.717, 1.165) is 0 Å². The summed E-state index contributed by atoms with van der Waals surface area (Å²) in [5.74, 6) is -0.449. The van der Waals surface area contributed by atoms with E-state index in [2.05, 4.69) is 10.3 Å². The number of nitrogens with one attached hydrogen (secondary N) is 1. The molecule has 0 radical (unpaired) electrons. The molecule has 0 fully saturated rings. The molecule has 138 valence electrons. The lowest BCUT2D eigenvalue weighted by atomic mass is 10.1. The Kier molecular flexibility index (Phi) is 5.61. The van der Waals surface area contributed by atoms with Gasteiger partial charge in [-0.3, -0.25) is 9.59 Å². The summed E-state index contributed by atoms with van der Waals surface area (Å²) in [5, 5.41) is 2.62. The Labute approximate surface area is 155 Å². The van der Waals surface area contributed by atoms with Crippen LogP contribution in [-0.4, -0.2) is 16.8 Å². The number of benzene rings is 2. The predicted molar refractivity (Wildman–Crippen MR) is 96.7 cm³/mol. The number of oxazole rings is 1. The van der Waals surface area contributed by atoms with Crippen LogP contribution in [0.2, 0.25) is 0 Å². The fraction of sp³-hybridized carbons (Fsp3) is 0.150. The van der Waals surface area contributed by atoms with Crippen molar-refractivity contribution in [2.75, 3.05) is 0 Å². The number of aromatic nitrogens is 1. The normalized spacial score (nSPS) is 11.7. The third-order valence-electron chi connectivity index (χ3n) is 3.97. The average Bonchev–Trinajstić information content (AvgIpc) is 3.14. The summed E-state index contributed by atoms with van der Waals surface area (Å²) in [6, 6.07) is 13.7. The highest BCUT2D eigenvalue weighted by Gasteiger charge is 2.20. The van der Waals surface area contributed by atoms with Crippen molar-refractivity contribution in [3.63, 3.8) is 0 Å². The van der Waals surface area contributed by atoms with Gasteiger partial charge in [-0.05, 0) is 29.8 Å². The molecule has 0 saturated heterocycles. The molecule has 0 aliphatic rings. The van der Waals surface area contributed by atoms with Crippen LogP contribution in [0.15, 0.2) is 65.2 Å². The number of nitrogens with zero attached hydrogens (tertiary/aromatic N) is 1. The van der Waals surface area contributed by atoms with Crippen molar-refractivity contribution in [3.8, 4) is 11.3 Å². The van der Waals surface area contributed by atoms with Crippen molar-refractivity contribution < 1.29 is 18.4 Å². The molecule has 3 aromatic rings. The Balaban J connectivity index is 1.59. The fourth-order valence-corrected chi connectivity index (χ4v) is 2.59. The van der Waals surface area contributed by atoms with Crippen LogP contribution in [-0.2, 0) is 16.0 Å². The Morgan fingerprint density at radius 2 is 1.81 bits per heavy atom. The number of hydrogen-bond donors (Lipinski definition) is 2. The monoisotopic (exact) mass is 367 g/mol. The van der Waals surface area contributed by atoms with Gasteiger partial charge >= 0.3 is 0 Å². The molecule has 6 nitrogen and oxygen atoms in total. The number of carbonyl (C=O) groups is 2. The summed E-state index contributed by atoms with van der Waals surface area (Å²) >= 11 is 0. The predicted octanol–water partition coefficient (Wildman–Crippen LogP) is 2.76. The third kappa shape index (κ3) is 4.78. The second-order valence-electron chi connectivity index (χ2n) is 5.94. The van der Waals surface area contributed by atoms with Gasteiger partial charge < -0.3 is 15.5 Å². The first-order chi connectivity index (χ1) is 13.0. The van der Waals surface area contributed by atoms with Crippen LogP contribution in [0.4, 0.5) is 4.39 Å². The van der Waals surface area contributed by atoms with Gasteiger partial charge in [-0.25, -0.2) is 9.37 Å². The number of rotatable bonds is 7. The van der Waals surface area contributed by atoms with E-state index in [1.165, 1.54) is 18.3 Å². The van der Waals surface area contributed by atoms with Crippen LogP contribution in [0, 0.1) is 5.82 Å². The van der Waals surface area contributed by atoms with Gasteiger partial charge in [0.15, 0.2) is 11.7 Å². The van der Waals surface area contributed by atoms with Crippen molar-refractivity contribution in [1.29, 1.82) is 0 Å². The van der Waals surface area contributed by atoms with E-state index in [4.69, 9.17) is 10.2 Å². The molecule has 0 bridgehead atoms. The molecule has 1 unspecified atom stereocenters. The molecule has 3 rings (SSSR count). The molecule has 1 heterocycles. The lowest BCUT2D eigenvalue weighted by molar-refractivity contribution is -0.127. The maximum atomic E-state index is 13.0. The number of hydrogen-bond acceptors (Lipinski definition) is 4. The highest BCUT2D eigenvalue weighted by atomic mass is 19.1. The standard InChI is InChI=1S/C20H18FN3O3/c21-15-8-6-13(7-9-15)16-12-23-18(27-16)11-10-17(25)24-19(20(22)26)14-4-2-1-3-5-14/h1-9,12,19H,10-11H2,(H2,22,26)(H,24,25). The molecule has 1 atom stereocenters. The highest BCUT2D eigenvalue weighted by Crippen LogP contribution is 2.21. The quantitative estimate of drug-likeness (QED) is 0.671. The van der Waals surface area contributed by atoms with Crippen LogP contribution < -0.4 is 11.1 Å². The summed E-state index contributed by atoms with van der Waals surface area (Å²) in [5.41, 5.74) is 6.70. The summed E-state index contributed by atoms with van der Waals surface area (Å²) < 4.78 is 18.6. The molecule has 1 aromatic heterocycles. The van der Waals surface area contributed by atoms with Gasteiger partial charge in [0, 0.05) is 18.4 Å². The van der Waals surface area contributed by atoms with E-state index in [-0.39, 0.29) is 24.6 Å². The van der Waals surface area contributed by atoms with Crippen LogP contribution in [0.3, 0.4) is 0 Å². The zero-order valence-electron chi connectivity index (χ0n) is 14.4. The van der Waals surface area contributed by atoms with E-state index < -0.39 is 11.9 Å². The number of nitrogens with two attached hydrogens (primary N) is 1. The van der Waals surface area contributed by atoms with Crippen LogP contribution >= 0.6 is 0 Å². The first-order valence-corrected chi connectivity index (χ1v) is 8.37. The summed E-state index contributed by atoms with van der Waals surface area (Å²) in [6.07, 6.45) is 1.87. The molecule has 3 N–H and O–H groups in total. The molecule has 0 spiro atoms. The molecular formula is C20H18FN3O3. The summed E-state index contributed by atoms with van der Waals surface area (Å²) in [7, 11) is 0. The third-order valence-corrected chi connectivity index (χ3v) is 3.97. The zero-order chi connectivity index (χ0) is 19.2. The van der Waals surface area contributed by atoms with Crippen molar-refractivity contribution >= 4 is 11.8 Å². The number of aryl methyl sites for hydroxylation is 1. The molecular weight excluding hydrogens is 349 g/mol. The topological polar surface area (TPSA) is 98.2 Å². The molecule has 0 aliphatic heterocycles. The van der Waals surface area contributed by atoms with Crippen LogP contribution in [0.25, 0.3) is 11.3 Å². The molecule has 0 aliphatic carbocycles. The van der Waals surface area contributed by atoms with Crippen LogP contribution in [0.5, 0.6) is 0 Å². The molecule has 2 amide bonds. The van der Waals surface area contributed by atoms with Gasteiger partial charge in [0.25, 0.3) is 0 Å². The Hall–Kier alpha value is -3.48. The largest absolute Gasteiger partial charge is 0.441 e. The van der Waals surface area contributed by atoms with Gasteiger partial charge in [0.05, 0.1) is 6.20 Å². The SMILES string of the molecule is NC(=O)C(NC(=O)CCc1ncc(-c2ccc(F)cc2)o1)c1ccccc1. The minimum Gasteiger partial charge on any atom is -0.441 e. The average molecular weight is 367 g/mol. The van der Waals surface area contributed by atoms with Crippen molar-refractivity contribution in [2.45, 2.75) is 18.9 Å². The van der Waals surface area contributed by atoms with Crippen LogP contribution in [0.1, 0.15) is 23.9 Å². The summed E-state index contributed by atoms with van der Waals surface area (Å²) in [6.45, 7) is 0. The van der Waals surface area contributed by atoms with Gasteiger partial charge in [-0.2, -0.15) is 0 Å². The smallest absolute Gasteiger partial charge is 0.244 e. The van der Waals surface area contributed by atoms with Gasteiger partial charge in [-0.15, -0.1) is 0 Å². The van der Waals surface area contributed by atoms with Gasteiger partial charge in [0.2, 0.25) is 11.8 Å². The second-order valence-corrected chi connectivity index (χ2v) is 5.94. The molecule has 7 heteroatoms. The maximum Gasteiger partial charge on any atom is 0.244 e. The van der Waals surface area contributed by atoms with E-state index in [1.807, 2.05) is 6.07 Å².